The Kier molecular flexibility index (Phi) is 24.8. The molecule has 0 saturated heterocycles. The maximum absolute atomic E-state index is 10.3. The topological polar surface area (TPSA) is 29.1 Å². The second kappa shape index (κ2) is 24.9. The summed E-state index contributed by atoms with van der Waals surface area (Å²) in [5, 5.41) is 10.3. The summed E-state index contributed by atoms with van der Waals surface area (Å²) in [5.74, 6) is 0. The third-order valence-electron chi connectivity index (χ3n) is 5.33. The van der Waals surface area contributed by atoms with Crippen molar-refractivity contribution in [2.24, 2.45) is 0 Å². The van der Waals surface area contributed by atoms with E-state index in [0.717, 1.165) is 26.1 Å². The molecule has 0 bridgehead atoms. The van der Waals surface area contributed by atoms with Crippen LogP contribution < -0.4 is 0 Å². The fourth-order valence-electron chi connectivity index (χ4n) is 3.51. The van der Waals surface area contributed by atoms with E-state index in [0.29, 0.717) is 0 Å². The van der Waals surface area contributed by atoms with Gasteiger partial charge in [0.2, 0.25) is 0 Å². The van der Waals surface area contributed by atoms with E-state index < -0.39 is 0 Å². The van der Waals surface area contributed by atoms with Crippen LogP contribution in [0.4, 0.5) is 0 Å². The number of rotatable bonds is 23. The number of hydrogen-bond acceptors (Lipinski definition) is 1. The summed E-state index contributed by atoms with van der Waals surface area (Å²) in [5.41, 5.74) is 0. The van der Waals surface area contributed by atoms with E-state index >= 15 is 0 Å². The van der Waals surface area contributed by atoms with Gasteiger partial charge in [0, 0.05) is 13.2 Å². The van der Waals surface area contributed by atoms with Crippen LogP contribution in [0.25, 0.3) is 0 Å². The lowest BCUT2D eigenvalue weighted by atomic mass is 10.1. The molecule has 1 radical (unpaired) electrons. The Morgan fingerprint density at radius 3 is 1.08 bits per heavy atom. The third-order valence-corrected chi connectivity index (χ3v) is 5.33. The van der Waals surface area contributed by atoms with Gasteiger partial charge in [0.25, 0.3) is 0 Å². The molecule has 0 aromatic carbocycles. The maximum atomic E-state index is 10.3. The average Bonchev–Trinajstić information content (AvgIpc) is 2.66. The van der Waals surface area contributed by atoms with Gasteiger partial charge in [0.05, 0.1) is 6.61 Å². The zero-order chi connectivity index (χ0) is 19.0. The fraction of sp³-hybridized carbons (Fsp3) is 1.00. The van der Waals surface area contributed by atoms with Gasteiger partial charge in [-0.25, -0.2) is 5.11 Å². The summed E-state index contributed by atoms with van der Waals surface area (Å²) in [6.07, 6.45) is 26.6. The first-order chi connectivity index (χ1) is 12.9. The zero-order valence-corrected chi connectivity index (χ0v) is 18.1. The standard InChI is InChI=1S/C24H49O2/c1-2-3-4-5-6-7-11-14-17-20-23-26-24-21-18-15-12-9-8-10-13-16-19-22-25/h2-24H2,1H3. The minimum atomic E-state index is 0.112. The maximum Gasteiger partial charge on any atom is 0.0822 e. The van der Waals surface area contributed by atoms with Crippen molar-refractivity contribution in [2.45, 2.75) is 135 Å². The molecule has 0 fully saturated rings. The molecule has 0 aromatic rings. The summed E-state index contributed by atoms with van der Waals surface area (Å²) in [4.78, 5) is 0. The van der Waals surface area contributed by atoms with Crippen molar-refractivity contribution >= 4 is 0 Å². The molecule has 0 aromatic heterocycles. The lowest BCUT2D eigenvalue weighted by Crippen LogP contribution is -1.97. The van der Waals surface area contributed by atoms with Crippen molar-refractivity contribution in [1.29, 1.82) is 0 Å². The molecule has 157 valence electrons. The van der Waals surface area contributed by atoms with Crippen molar-refractivity contribution in [3.63, 3.8) is 0 Å². The van der Waals surface area contributed by atoms with Gasteiger partial charge in [-0.1, -0.05) is 116 Å². The third kappa shape index (κ3) is 23.9. The molecule has 0 N–H and O–H groups in total. The Balaban J connectivity index is 2.95. The van der Waals surface area contributed by atoms with E-state index in [-0.39, 0.29) is 6.61 Å². The normalized spacial score (nSPS) is 11.3. The summed E-state index contributed by atoms with van der Waals surface area (Å²) in [7, 11) is 0. The summed E-state index contributed by atoms with van der Waals surface area (Å²) >= 11 is 0. The quantitative estimate of drug-likeness (QED) is 0.167. The van der Waals surface area contributed by atoms with Gasteiger partial charge in [-0.05, 0) is 19.3 Å². The van der Waals surface area contributed by atoms with E-state index in [4.69, 9.17) is 4.74 Å². The smallest absolute Gasteiger partial charge is 0.0822 e. The Morgan fingerprint density at radius 1 is 0.423 bits per heavy atom. The van der Waals surface area contributed by atoms with E-state index in [1.165, 1.54) is 116 Å². The Bertz CT molecular complexity index is 206. The van der Waals surface area contributed by atoms with Crippen LogP contribution in [-0.2, 0) is 9.84 Å². The predicted molar refractivity (Wildman–Crippen MR) is 114 cm³/mol. The van der Waals surface area contributed by atoms with Gasteiger partial charge in [-0.3, -0.25) is 0 Å². The van der Waals surface area contributed by atoms with Crippen LogP contribution in [0.5, 0.6) is 0 Å². The van der Waals surface area contributed by atoms with E-state index in [2.05, 4.69) is 6.92 Å². The van der Waals surface area contributed by atoms with Crippen molar-refractivity contribution in [2.75, 3.05) is 19.8 Å². The van der Waals surface area contributed by atoms with Crippen molar-refractivity contribution in [3.8, 4) is 0 Å². The van der Waals surface area contributed by atoms with Crippen LogP contribution in [0.15, 0.2) is 0 Å². The Hall–Kier alpha value is -0.0800. The molecule has 0 unspecified atom stereocenters. The second-order valence-electron chi connectivity index (χ2n) is 8.03. The highest BCUT2D eigenvalue weighted by Gasteiger charge is 1.95. The molecule has 0 amide bonds. The average molecular weight is 370 g/mol. The van der Waals surface area contributed by atoms with Gasteiger partial charge in [-0.15, -0.1) is 0 Å². The number of hydrogen-bond donors (Lipinski definition) is 0. The molecule has 2 nitrogen and oxygen atoms in total. The van der Waals surface area contributed by atoms with Gasteiger partial charge in [0.15, 0.2) is 0 Å². The van der Waals surface area contributed by atoms with Crippen molar-refractivity contribution < 1.29 is 9.84 Å². The summed E-state index contributed by atoms with van der Waals surface area (Å²) in [6, 6.07) is 0. The first-order valence-corrected chi connectivity index (χ1v) is 12.1. The Labute approximate surface area is 165 Å². The molecular weight excluding hydrogens is 320 g/mol. The highest BCUT2D eigenvalue weighted by atomic mass is 16.5. The van der Waals surface area contributed by atoms with Crippen LogP contribution in [0.3, 0.4) is 0 Å². The van der Waals surface area contributed by atoms with E-state index in [1.54, 1.807) is 0 Å². The van der Waals surface area contributed by atoms with Gasteiger partial charge < -0.3 is 4.74 Å². The largest absolute Gasteiger partial charge is 0.381 e. The van der Waals surface area contributed by atoms with Crippen LogP contribution in [0, 0.1) is 0 Å². The lowest BCUT2D eigenvalue weighted by Gasteiger charge is -2.05. The second-order valence-corrected chi connectivity index (χ2v) is 8.03. The van der Waals surface area contributed by atoms with Gasteiger partial charge in [0.1, 0.15) is 0 Å². The first kappa shape index (κ1) is 25.9. The van der Waals surface area contributed by atoms with Gasteiger partial charge >= 0.3 is 0 Å². The number of unbranched alkanes of at least 4 members (excludes halogenated alkanes) is 18. The predicted octanol–water partition coefficient (Wildman–Crippen LogP) is 8.26. The molecule has 0 heterocycles. The fourth-order valence-corrected chi connectivity index (χ4v) is 3.51. The lowest BCUT2D eigenvalue weighted by molar-refractivity contribution is 0.125. The summed E-state index contributed by atoms with van der Waals surface area (Å²) in [6.45, 7) is 4.33. The molecule has 0 aliphatic heterocycles. The molecule has 0 saturated carbocycles. The van der Waals surface area contributed by atoms with Crippen LogP contribution >= 0.6 is 0 Å². The SMILES string of the molecule is CCCCCCCCCCCCOCCCCCCCCCCCC[O]. The molecule has 0 aliphatic rings. The zero-order valence-electron chi connectivity index (χ0n) is 18.1. The van der Waals surface area contributed by atoms with Crippen molar-refractivity contribution in [1.82, 2.24) is 0 Å². The first-order valence-electron chi connectivity index (χ1n) is 12.1. The van der Waals surface area contributed by atoms with Crippen LogP contribution in [0.2, 0.25) is 0 Å². The molecule has 2 heteroatoms. The molecular formula is C24H49O2. The highest BCUT2D eigenvalue weighted by Crippen LogP contribution is 2.12. The monoisotopic (exact) mass is 369 g/mol. The van der Waals surface area contributed by atoms with E-state index in [9.17, 15) is 5.11 Å². The van der Waals surface area contributed by atoms with Crippen molar-refractivity contribution in [3.05, 3.63) is 0 Å². The molecule has 0 spiro atoms. The molecule has 26 heavy (non-hydrogen) atoms. The minimum Gasteiger partial charge on any atom is -0.381 e. The summed E-state index contributed by atoms with van der Waals surface area (Å²) < 4.78 is 5.76. The Morgan fingerprint density at radius 2 is 0.731 bits per heavy atom. The van der Waals surface area contributed by atoms with Crippen LogP contribution in [0.1, 0.15) is 135 Å². The molecule has 0 atom stereocenters. The number of ether oxygens (including phenoxy) is 1. The highest BCUT2D eigenvalue weighted by molar-refractivity contribution is 4.49. The molecule has 0 rings (SSSR count). The van der Waals surface area contributed by atoms with Gasteiger partial charge in [-0.2, -0.15) is 0 Å². The van der Waals surface area contributed by atoms with E-state index in [1.807, 2.05) is 0 Å². The molecule has 0 aliphatic carbocycles. The minimum absolute atomic E-state index is 0.112. The van der Waals surface area contributed by atoms with Crippen LogP contribution in [-0.4, -0.2) is 19.8 Å².